The Balaban J connectivity index is 1.77. The molecular formula is C43H43N3O4. The summed E-state index contributed by atoms with van der Waals surface area (Å²) < 4.78 is 0. The number of nitro benzene ring substituents is 2. The lowest BCUT2D eigenvalue weighted by atomic mass is 9.80. The summed E-state index contributed by atoms with van der Waals surface area (Å²) in [6.07, 6.45) is 5.01. The Morgan fingerprint density at radius 2 is 1.02 bits per heavy atom. The molecule has 0 aliphatic carbocycles. The van der Waals surface area contributed by atoms with E-state index in [9.17, 15) is 20.2 Å². The Labute approximate surface area is 293 Å². The van der Waals surface area contributed by atoms with E-state index in [1.807, 2.05) is 24.3 Å². The summed E-state index contributed by atoms with van der Waals surface area (Å²) in [4.78, 5) is 25.8. The molecule has 6 aromatic carbocycles. The van der Waals surface area contributed by atoms with E-state index in [-0.39, 0.29) is 21.2 Å². The first-order chi connectivity index (χ1) is 24.3. The summed E-state index contributed by atoms with van der Waals surface area (Å²) in [6.45, 7) is 9.16. The van der Waals surface area contributed by atoms with Gasteiger partial charge >= 0.3 is 0 Å². The first-order valence-electron chi connectivity index (χ1n) is 17.7. The molecule has 7 heteroatoms. The van der Waals surface area contributed by atoms with Crippen molar-refractivity contribution in [2.75, 3.05) is 13.1 Å². The molecule has 0 bridgehead atoms. The van der Waals surface area contributed by atoms with Crippen LogP contribution >= 0.6 is 0 Å². The summed E-state index contributed by atoms with van der Waals surface area (Å²) >= 11 is 0. The van der Waals surface area contributed by atoms with Gasteiger partial charge in [0.25, 0.3) is 11.4 Å². The number of nitro groups is 2. The molecule has 0 unspecified atom stereocenters. The van der Waals surface area contributed by atoms with Crippen molar-refractivity contribution in [1.82, 2.24) is 4.90 Å². The van der Waals surface area contributed by atoms with E-state index in [0.717, 1.165) is 105 Å². The lowest BCUT2D eigenvalue weighted by Crippen LogP contribution is -2.26. The van der Waals surface area contributed by atoms with Crippen molar-refractivity contribution in [1.29, 1.82) is 0 Å². The highest BCUT2D eigenvalue weighted by molar-refractivity contribution is 6.11. The fourth-order valence-corrected chi connectivity index (χ4v) is 7.23. The molecule has 0 aliphatic heterocycles. The van der Waals surface area contributed by atoms with Gasteiger partial charge in [-0.2, -0.15) is 0 Å². The molecular weight excluding hydrogens is 622 g/mol. The van der Waals surface area contributed by atoms with Gasteiger partial charge in [0.05, 0.1) is 9.85 Å². The quantitative estimate of drug-likeness (QED) is 0.0853. The second-order valence-corrected chi connectivity index (χ2v) is 12.9. The molecule has 254 valence electrons. The van der Waals surface area contributed by atoms with Crippen LogP contribution in [0.5, 0.6) is 0 Å². The minimum Gasteiger partial charge on any atom is -0.299 e. The maximum absolute atomic E-state index is 12.0. The number of fused-ring (bicyclic) bond motifs is 2. The summed E-state index contributed by atoms with van der Waals surface area (Å²) in [6, 6.07) is 35.1. The van der Waals surface area contributed by atoms with Crippen molar-refractivity contribution in [3.05, 3.63) is 141 Å². The standard InChI is InChI=1S/C43H43N3O4/c1-4-7-23-44(24-8-5-2)29-41-40(31-18-14-20-35(26-31)46(49)50)28-33-16-10-12-22-38(33)43(41)42-36(6-3)39(27-32-15-9-11-21-37(32)42)30-17-13-19-34(25-30)45(47)48/h9-22,25-28H,4-8,23-24,29H2,1-3H3. The monoisotopic (exact) mass is 665 g/mol. The van der Waals surface area contributed by atoms with Gasteiger partial charge in [0.15, 0.2) is 0 Å². The topological polar surface area (TPSA) is 89.5 Å². The fraction of sp³-hybridized carbons (Fsp3) is 0.256. The van der Waals surface area contributed by atoms with Crippen LogP contribution in [0.4, 0.5) is 11.4 Å². The van der Waals surface area contributed by atoms with Gasteiger partial charge in [-0.25, -0.2) is 0 Å². The van der Waals surface area contributed by atoms with E-state index < -0.39 is 0 Å². The Kier molecular flexibility index (Phi) is 10.6. The number of rotatable bonds is 14. The summed E-state index contributed by atoms with van der Waals surface area (Å²) in [5.41, 5.74) is 8.14. The number of hydrogen-bond donors (Lipinski definition) is 0. The van der Waals surface area contributed by atoms with Gasteiger partial charge in [-0.3, -0.25) is 25.1 Å². The van der Waals surface area contributed by atoms with Crippen LogP contribution in [0, 0.1) is 20.2 Å². The van der Waals surface area contributed by atoms with Gasteiger partial charge in [-0.15, -0.1) is 0 Å². The smallest absolute Gasteiger partial charge is 0.270 e. The Hall–Kier alpha value is -5.40. The highest BCUT2D eigenvalue weighted by Gasteiger charge is 2.25. The van der Waals surface area contributed by atoms with E-state index in [1.54, 1.807) is 30.3 Å². The summed E-state index contributed by atoms with van der Waals surface area (Å²) in [5.74, 6) is 0. The highest BCUT2D eigenvalue weighted by atomic mass is 16.6. The molecule has 6 aromatic rings. The van der Waals surface area contributed by atoms with Gasteiger partial charge in [0.1, 0.15) is 0 Å². The van der Waals surface area contributed by atoms with Crippen molar-refractivity contribution < 1.29 is 9.85 Å². The molecule has 0 saturated heterocycles. The molecule has 0 aliphatic rings. The second kappa shape index (κ2) is 15.4. The minimum atomic E-state index is -0.341. The molecule has 0 N–H and O–H groups in total. The molecule has 0 fully saturated rings. The Bertz CT molecular complexity index is 2180. The number of non-ortho nitro benzene ring substituents is 2. The SMILES string of the molecule is CCCCN(CCCC)Cc1c(-c2cccc([N+](=O)[O-])c2)cc2ccccc2c1-c1c(CC)c(-c2cccc([N+](=O)[O-])c2)cc2ccccc12. The predicted octanol–water partition coefficient (Wildman–Crippen LogP) is 11.8. The van der Waals surface area contributed by atoms with Crippen molar-refractivity contribution in [2.24, 2.45) is 0 Å². The number of benzene rings is 6. The van der Waals surface area contributed by atoms with Crippen molar-refractivity contribution in [2.45, 2.75) is 59.4 Å². The average Bonchev–Trinajstić information content (AvgIpc) is 3.14. The Morgan fingerprint density at radius 1 is 0.560 bits per heavy atom. The minimum absolute atomic E-state index is 0.0561. The zero-order valence-electron chi connectivity index (χ0n) is 29.0. The normalized spacial score (nSPS) is 11.4. The lowest BCUT2D eigenvalue weighted by molar-refractivity contribution is -0.385. The number of unbranched alkanes of at least 4 members (excludes halogenated alkanes) is 2. The third-order valence-corrected chi connectivity index (χ3v) is 9.69. The fourth-order valence-electron chi connectivity index (χ4n) is 7.23. The number of nitrogens with zero attached hydrogens (tertiary/aromatic N) is 3. The summed E-state index contributed by atoms with van der Waals surface area (Å²) in [5, 5.41) is 28.2. The third-order valence-electron chi connectivity index (χ3n) is 9.69. The molecule has 0 spiro atoms. The van der Waals surface area contributed by atoms with Gasteiger partial charge in [0, 0.05) is 30.8 Å². The molecule has 0 aromatic heterocycles. The van der Waals surface area contributed by atoms with Crippen LogP contribution in [0.1, 0.15) is 57.6 Å². The molecule has 0 atom stereocenters. The Morgan fingerprint density at radius 3 is 1.48 bits per heavy atom. The third kappa shape index (κ3) is 7.00. The molecule has 50 heavy (non-hydrogen) atoms. The van der Waals surface area contributed by atoms with Gasteiger partial charge in [-0.1, -0.05) is 106 Å². The van der Waals surface area contributed by atoms with Crippen LogP contribution in [0.15, 0.2) is 109 Å². The largest absolute Gasteiger partial charge is 0.299 e. The van der Waals surface area contributed by atoms with E-state index >= 15 is 0 Å². The second-order valence-electron chi connectivity index (χ2n) is 12.9. The molecule has 0 saturated carbocycles. The van der Waals surface area contributed by atoms with Crippen molar-refractivity contribution in [3.63, 3.8) is 0 Å². The van der Waals surface area contributed by atoms with Gasteiger partial charge < -0.3 is 0 Å². The molecule has 0 heterocycles. The van der Waals surface area contributed by atoms with E-state index in [0.29, 0.717) is 13.0 Å². The van der Waals surface area contributed by atoms with Crippen LogP contribution in [0.25, 0.3) is 54.9 Å². The molecule has 7 nitrogen and oxygen atoms in total. The van der Waals surface area contributed by atoms with E-state index in [2.05, 4.69) is 74.2 Å². The highest BCUT2D eigenvalue weighted by Crippen LogP contribution is 2.47. The maximum atomic E-state index is 12.0. The van der Waals surface area contributed by atoms with E-state index in [1.165, 1.54) is 6.07 Å². The average molecular weight is 666 g/mol. The van der Waals surface area contributed by atoms with Crippen LogP contribution in [-0.2, 0) is 13.0 Å². The zero-order valence-corrected chi connectivity index (χ0v) is 29.0. The molecule has 0 amide bonds. The summed E-state index contributed by atoms with van der Waals surface area (Å²) in [7, 11) is 0. The van der Waals surface area contributed by atoms with Crippen molar-refractivity contribution >= 4 is 32.9 Å². The first kappa shape index (κ1) is 34.5. The first-order valence-corrected chi connectivity index (χ1v) is 17.7. The van der Waals surface area contributed by atoms with Crippen LogP contribution in [0.3, 0.4) is 0 Å². The molecule has 6 rings (SSSR count). The molecule has 0 radical (unpaired) electrons. The van der Waals surface area contributed by atoms with E-state index in [4.69, 9.17) is 0 Å². The van der Waals surface area contributed by atoms with Gasteiger partial charge in [0.2, 0.25) is 0 Å². The predicted molar refractivity (Wildman–Crippen MR) is 206 cm³/mol. The van der Waals surface area contributed by atoms with Crippen LogP contribution < -0.4 is 0 Å². The number of hydrogen-bond acceptors (Lipinski definition) is 5. The lowest BCUT2D eigenvalue weighted by Gasteiger charge is -2.28. The zero-order chi connectivity index (χ0) is 35.2. The van der Waals surface area contributed by atoms with Crippen LogP contribution in [0.2, 0.25) is 0 Å². The van der Waals surface area contributed by atoms with Gasteiger partial charge in [-0.05, 0) is 111 Å². The maximum Gasteiger partial charge on any atom is 0.270 e. The van der Waals surface area contributed by atoms with Crippen LogP contribution in [-0.4, -0.2) is 27.8 Å². The van der Waals surface area contributed by atoms with Crippen molar-refractivity contribution in [3.8, 4) is 33.4 Å².